The van der Waals surface area contributed by atoms with Crippen LogP contribution in [0.5, 0.6) is 0 Å². The number of nitrogens with one attached hydrogen (secondary N) is 1. The second kappa shape index (κ2) is 6.81. The zero-order valence-electron chi connectivity index (χ0n) is 12.7. The summed E-state index contributed by atoms with van der Waals surface area (Å²) in [6.45, 7) is 3.12. The van der Waals surface area contributed by atoms with Gasteiger partial charge in [0.25, 0.3) is 0 Å². The molecule has 0 bridgehead atoms. The van der Waals surface area contributed by atoms with Gasteiger partial charge in [0.1, 0.15) is 0 Å². The Kier molecular flexibility index (Phi) is 4.61. The van der Waals surface area contributed by atoms with Gasteiger partial charge >= 0.3 is 0 Å². The van der Waals surface area contributed by atoms with Gasteiger partial charge in [0.05, 0.1) is 17.1 Å². The van der Waals surface area contributed by atoms with Crippen molar-refractivity contribution in [1.29, 1.82) is 0 Å². The molecule has 21 heavy (non-hydrogen) atoms. The molecule has 0 saturated heterocycles. The molecular weight excluding hydrogens is 258 g/mol. The maximum absolute atomic E-state index is 4.57. The van der Waals surface area contributed by atoms with Crippen molar-refractivity contribution in [2.75, 3.05) is 6.54 Å². The molecule has 2 aromatic rings. The fourth-order valence-corrected chi connectivity index (χ4v) is 3.19. The number of benzene rings is 1. The number of hydrogen-bond donors (Lipinski definition) is 1. The van der Waals surface area contributed by atoms with Crippen LogP contribution in [0.3, 0.4) is 0 Å². The highest BCUT2D eigenvalue weighted by Gasteiger charge is 2.19. The monoisotopic (exact) mass is 281 g/mol. The first-order valence-corrected chi connectivity index (χ1v) is 8.02. The number of fused-ring (bicyclic) bond motifs is 1. The third-order valence-electron chi connectivity index (χ3n) is 4.20. The smallest absolute Gasteiger partial charge is 0.0937 e. The summed E-state index contributed by atoms with van der Waals surface area (Å²) in [4.78, 5) is 9.01. The van der Waals surface area contributed by atoms with Gasteiger partial charge in [0, 0.05) is 18.0 Å². The van der Waals surface area contributed by atoms with E-state index in [2.05, 4.69) is 40.4 Å². The summed E-state index contributed by atoms with van der Waals surface area (Å²) in [6, 6.07) is 6.59. The highest BCUT2D eigenvalue weighted by atomic mass is 14.9. The molecule has 1 aromatic heterocycles. The number of allylic oxidation sites excluding steroid dienone is 1. The van der Waals surface area contributed by atoms with Crippen LogP contribution in [0, 0.1) is 0 Å². The first kappa shape index (κ1) is 14.2. The number of hydrogen-bond acceptors (Lipinski definition) is 3. The summed E-state index contributed by atoms with van der Waals surface area (Å²) in [5.74, 6) is 0. The normalized spacial score (nSPS) is 17.3. The number of likely N-dealkylation sites (N-methyl/N-ethyl adjacent to an activating group) is 1. The van der Waals surface area contributed by atoms with E-state index in [9.17, 15) is 0 Å². The van der Waals surface area contributed by atoms with Crippen LogP contribution in [0.15, 0.2) is 42.2 Å². The molecule has 3 heteroatoms. The Balaban J connectivity index is 2.04. The summed E-state index contributed by atoms with van der Waals surface area (Å²) in [5.41, 5.74) is 4.78. The Bertz CT molecular complexity index is 628. The van der Waals surface area contributed by atoms with Gasteiger partial charge in [-0.3, -0.25) is 9.97 Å². The highest BCUT2D eigenvalue weighted by molar-refractivity contribution is 5.78. The van der Waals surface area contributed by atoms with Gasteiger partial charge in [-0.25, -0.2) is 0 Å². The van der Waals surface area contributed by atoms with E-state index in [1.54, 1.807) is 12.4 Å². The summed E-state index contributed by atoms with van der Waals surface area (Å²) >= 11 is 0. The van der Waals surface area contributed by atoms with Gasteiger partial charge in [-0.2, -0.15) is 0 Å². The molecule has 0 aliphatic heterocycles. The molecule has 1 N–H and O–H groups in total. The summed E-state index contributed by atoms with van der Waals surface area (Å²) in [7, 11) is 0. The van der Waals surface area contributed by atoms with Gasteiger partial charge in [-0.15, -0.1) is 0 Å². The lowest BCUT2D eigenvalue weighted by atomic mass is 9.94. The topological polar surface area (TPSA) is 37.8 Å². The Morgan fingerprint density at radius 1 is 1.14 bits per heavy atom. The molecule has 0 spiro atoms. The van der Waals surface area contributed by atoms with Crippen LogP contribution in [-0.2, 0) is 0 Å². The Morgan fingerprint density at radius 2 is 2.05 bits per heavy atom. The number of rotatable bonds is 4. The van der Waals surface area contributed by atoms with Crippen molar-refractivity contribution < 1.29 is 0 Å². The van der Waals surface area contributed by atoms with Crippen LogP contribution in [0.1, 0.15) is 50.6 Å². The minimum absolute atomic E-state index is 0.272. The Morgan fingerprint density at radius 3 is 2.95 bits per heavy atom. The molecule has 1 aromatic carbocycles. The van der Waals surface area contributed by atoms with Gasteiger partial charge in [0.15, 0.2) is 0 Å². The van der Waals surface area contributed by atoms with E-state index < -0.39 is 0 Å². The predicted octanol–water partition coefficient (Wildman–Crippen LogP) is 4.17. The molecule has 3 nitrogen and oxygen atoms in total. The molecule has 3 rings (SSSR count). The first-order chi connectivity index (χ1) is 10.4. The van der Waals surface area contributed by atoms with Gasteiger partial charge in [-0.05, 0) is 38.3 Å². The van der Waals surface area contributed by atoms with Crippen LogP contribution >= 0.6 is 0 Å². The zero-order chi connectivity index (χ0) is 14.5. The lowest BCUT2D eigenvalue weighted by molar-refractivity contribution is 0.592. The number of para-hydroxylation sites is 1. The molecule has 1 aliphatic carbocycles. The highest BCUT2D eigenvalue weighted by Crippen LogP contribution is 2.32. The number of aromatic nitrogens is 2. The lowest BCUT2D eigenvalue weighted by Gasteiger charge is -2.22. The van der Waals surface area contributed by atoms with Crippen molar-refractivity contribution in [2.45, 2.75) is 45.1 Å². The standard InChI is InChI=1S/C18H23N3/c1-2-19-17(14-8-5-3-4-6-9-14)15-10-7-11-16-18(15)21-13-12-20-16/h7-8,10-13,17,19H,2-6,9H2,1H3. The van der Waals surface area contributed by atoms with Crippen LogP contribution < -0.4 is 5.32 Å². The molecule has 110 valence electrons. The quantitative estimate of drug-likeness (QED) is 0.855. The van der Waals surface area contributed by atoms with Crippen molar-refractivity contribution in [3.63, 3.8) is 0 Å². The summed E-state index contributed by atoms with van der Waals surface area (Å²) in [6.07, 6.45) is 12.3. The zero-order valence-corrected chi connectivity index (χ0v) is 12.7. The third-order valence-corrected chi connectivity index (χ3v) is 4.20. The first-order valence-electron chi connectivity index (χ1n) is 8.02. The van der Waals surface area contributed by atoms with E-state index in [1.807, 2.05) is 6.07 Å². The van der Waals surface area contributed by atoms with E-state index in [0.717, 1.165) is 17.6 Å². The fourth-order valence-electron chi connectivity index (χ4n) is 3.19. The maximum Gasteiger partial charge on any atom is 0.0937 e. The molecule has 0 radical (unpaired) electrons. The predicted molar refractivity (Wildman–Crippen MR) is 87.1 cm³/mol. The van der Waals surface area contributed by atoms with E-state index in [1.165, 1.54) is 43.2 Å². The average molecular weight is 281 g/mol. The van der Waals surface area contributed by atoms with Crippen molar-refractivity contribution in [3.05, 3.63) is 47.8 Å². The molecular formula is C18H23N3. The second-order valence-electron chi connectivity index (χ2n) is 5.64. The van der Waals surface area contributed by atoms with E-state index >= 15 is 0 Å². The van der Waals surface area contributed by atoms with Gasteiger partial charge < -0.3 is 5.32 Å². The van der Waals surface area contributed by atoms with Crippen LogP contribution in [0.25, 0.3) is 11.0 Å². The lowest BCUT2D eigenvalue weighted by Crippen LogP contribution is -2.23. The summed E-state index contributed by atoms with van der Waals surface area (Å²) < 4.78 is 0. The van der Waals surface area contributed by atoms with Crippen LogP contribution in [0.2, 0.25) is 0 Å². The molecule has 0 fully saturated rings. The van der Waals surface area contributed by atoms with Crippen molar-refractivity contribution in [2.24, 2.45) is 0 Å². The van der Waals surface area contributed by atoms with Gasteiger partial charge in [0.2, 0.25) is 0 Å². The minimum atomic E-state index is 0.272. The van der Waals surface area contributed by atoms with Crippen molar-refractivity contribution in [1.82, 2.24) is 15.3 Å². The van der Waals surface area contributed by atoms with E-state index in [-0.39, 0.29) is 6.04 Å². The third kappa shape index (κ3) is 3.13. The van der Waals surface area contributed by atoms with Crippen LogP contribution in [-0.4, -0.2) is 16.5 Å². The summed E-state index contributed by atoms with van der Waals surface area (Å²) in [5, 5.41) is 3.65. The molecule has 0 saturated carbocycles. The van der Waals surface area contributed by atoms with E-state index in [0.29, 0.717) is 0 Å². The minimum Gasteiger partial charge on any atom is -0.307 e. The van der Waals surface area contributed by atoms with E-state index in [4.69, 9.17) is 0 Å². The largest absolute Gasteiger partial charge is 0.307 e. The van der Waals surface area contributed by atoms with Crippen molar-refractivity contribution >= 4 is 11.0 Å². The molecule has 1 aliphatic rings. The molecule has 1 atom stereocenters. The van der Waals surface area contributed by atoms with Crippen LogP contribution in [0.4, 0.5) is 0 Å². The van der Waals surface area contributed by atoms with Gasteiger partial charge in [-0.1, -0.05) is 37.1 Å². The average Bonchev–Trinajstić information content (AvgIpc) is 2.81. The SMILES string of the molecule is CCNC(C1=CCCCCC1)c1cccc2nccnc12. The Hall–Kier alpha value is -1.74. The number of nitrogens with zero attached hydrogens (tertiary/aromatic N) is 2. The molecule has 0 amide bonds. The molecule has 1 unspecified atom stereocenters. The Labute approximate surface area is 126 Å². The second-order valence-corrected chi connectivity index (χ2v) is 5.64. The maximum atomic E-state index is 4.57. The molecule has 1 heterocycles. The van der Waals surface area contributed by atoms with Crippen molar-refractivity contribution in [3.8, 4) is 0 Å². The fraction of sp³-hybridized carbons (Fsp3) is 0.444.